The van der Waals surface area contributed by atoms with E-state index in [1.807, 2.05) is 13.0 Å². The zero-order valence-corrected chi connectivity index (χ0v) is 12.8. The predicted octanol–water partition coefficient (Wildman–Crippen LogP) is 3.56. The summed E-state index contributed by atoms with van der Waals surface area (Å²) in [4.78, 5) is 22.4. The van der Waals surface area contributed by atoms with Crippen LogP contribution in [0.25, 0.3) is 6.08 Å². The third-order valence-corrected chi connectivity index (χ3v) is 3.16. The van der Waals surface area contributed by atoms with Crippen LogP contribution in [-0.2, 0) is 4.79 Å². The molecule has 118 valence electrons. The third kappa shape index (κ3) is 4.16. The molecule has 0 fully saturated rings. The van der Waals surface area contributed by atoms with Crippen LogP contribution in [-0.4, -0.2) is 17.9 Å². The van der Waals surface area contributed by atoms with Crippen LogP contribution in [0, 0.1) is 17.0 Å². The van der Waals surface area contributed by atoms with E-state index in [-0.39, 0.29) is 5.69 Å². The molecular formula is C17H16N2O4. The van der Waals surface area contributed by atoms with Gasteiger partial charge in [-0.05, 0) is 36.8 Å². The number of nitro benzene ring substituents is 1. The van der Waals surface area contributed by atoms with Gasteiger partial charge in [-0.15, -0.1) is 0 Å². The van der Waals surface area contributed by atoms with Gasteiger partial charge in [-0.2, -0.15) is 0 Å². The summed E-state index contributed by atoms with van der Waals surface area (Å²) in [5, 5.41) is 13.6. The monoisotopic (exact) mass is 312 g/mol. The fourth-order valence-corrected chi connectivity index (χ4v) is 2.04. The molecule has 6 nitrogen and oxygen atoms in total. The maximum atomic E-state index is 12.0. The molecule has 0 unspecified atom stereocenters. The number of carbonyl (C=O) groups is 1. The van der Waals surface area contributed by atoms with Gasteiger partial charge in [0.05, 0.1) is 23.3 Å². The number of amides is 1. The Hall–Kier alpha value is -3.15. The molecular weight excluding hydrogens is 296 g/mol. The molecule has 0 aliphatic heterocycles. The van der Waals surface area contributed by atoms with Gasteiger partial charge in [0.1, 0.15) is 5.75 Å². The minimum Gasteiger partial charge on any atom is -0.495 e. The van der Waals surface area contributed by atoms with Gasteiger partial charge in [-0.1, -0.05) is 18.2 Å². The molecule has 0 bridgehead atoms. The van der Waals surface area contributed by atoms with Gasteiger partial charge >= 0.3 is 0 Å². The van der Waals surface area contributed by atoms with Crippen LogP contribution in [0.15, 0.2) is 48.5 Å². The summed E-state index contributed by atoms with van der Waals surface area (Å²) in [6.07, 6.45) is 2.66. The first kappa shape index (κ1) is 16.2. The summed E-state index contributed by atoms with van der Waals surface area (Å²) >= 11 is 0. The number of nitro groups is 1. The summed E-state index contributed by atoms with van der Waals surface area (Å²) in [5.74, 6) is 0.155. The highest BCUT2D eigenvalue weighted by Crippen LogP contribution is 2.25. The number of aryl methyl sites for hydroxylation is 1. The van der Waals surface area contributed by atoms with Crippen LogP contribution in [0.1, 0.15) is 11.1 Å². The smallest absolute Gasteiger partial charge is 0.276 e. The van der Waals surface area contributed by atoms with E-state index in [0.717, 1.165) is 5.56 Å². The van der Waals surface area contributed by atoms with Crippen molar-refractivity contribution in [1.29, 1.82) is 0 Å². The molecule has 0 saturated heterocycles. The number of hydrogen-bond donors (Lipinski definition) is 1. The summed E-state index contributed by atoms with van der Waals surface area (Å²) in [5.41, 5.74) is 1.86. The lowest BCUT2D eigenvalue weighted by Crippen LogP contribution is -2.09. The molecule has 2 aromatic carbocycles. The van der Waals surface area contributed by atoms with E-state index < -0.39 is 10.8 Å². The van der Waals surface area contributed by atoms with Gasteiger partial charge in [0.15, 0.2) is 0 Å². The third-order valence-electron chi connectivity index (χ3n) is 3.16. The molecule has 6 heteroatoms. The Morgan fingerprint density at radius 3 is 2.70 bits per heavy atom. The SMILES string of the molecule is COc1cc(C)ccc1NC(=O)C=Cc1ccccc1[N+](=O)[O-]. The Morgan fingerprint density at radius 2 is 2.00 bits per heavy atom. The van der Waals surface area contributed by atoms with Crippen molar-refractivity contribution in [3.8, 4) is 5.75 Å². The maximum Gasteiger partial charge on any atom is 0.276 e. The van der Waals surface area contributed by atoms with Crippen molar-refractivity contribution in [3.63, 3.8) is 0 Å². The summed E-state index contributed by atoms with van der Waals surface area (Å²) in [7, 11) is 1.52. The molecule has 23 heavy (non-hydrogen) atoms. The average molecular weight is 312 g/mol. The molecule has 0 radical (unpaired) electrons. The van der Waals surface area contributed by atoms with E-state index in [1.165, 1.54) is 25.3 Å². The van der Waals surface area contributed by atoms with Crippen LogP contribution >= 0.6 is 0 Å². The van der Waals surface area contributed by atoms with Crippen LogP contribution in [0.4, 0.5) is 11.4 Å². The molecule has 1 N–H and O–H groups in total. The lowest BCUT2D eigenvalue weighted by molar-refractivity contribution is -0.385. The van der Waals surface area contributed by atoms with E-state index in [2.05, 4.69) is 5.32 Å². The van der Waals surface area contributed by atoms with Gasteiger partial charge in [-0.25, -0.2) is 0 Å². The van der Waals surface area contributed by atoms with Crippen LogP contribution in [0.2, 0.25) is 0 Å². The Kier molecular flexibility index (Phi) is 5.09. The van der Waals surface area contributed by atoms with Gasteiger partial charge in [0.2, 0.25) is 5.91 Å². The first-order valence-electron chi connectivity index (χ1n) is 6.88. The average Bonchev–Trinajstić information content (AvgIpc) is 2.54. The van der Waals surface area contributed by atoms with E-state index in [9.17, 15) is 14.9 Å². The number of methoxy groups -OCH3 is 1. The van der Waals surface area contributed by atoms with Gasteiger partial charge in [-0.3, -0.25) is 14.9 Å². The molecule has 0 aliphatic rings. The molecule has 2 rings (SSSR count). The normalized spacial score (nSPS) is 10.5. The quantitative estimate of drug-likeness (QED) is 0.520. The highest BCUT2D eigenvalue weighted by Gasteiger charge is 2.10. The standard InChI is InChI=1S/C17H16N2O4/c1-12-7-9-14(16(11-12)23-2)18-17(20)10-8-13-5-3-4-6-15(13)19(21)22/h3-11H,1-2H3,(H,18,20). The van der Waals surface area contributed by atoms with E-state index >= 15 is 0 Å². The van der Waals surface area contributed by atoms with Crippen molar-refractivity contribution < 1.29 is 14.5 Å². The minimum atomic E-state index is -0.486. The zero-order chi connectivity index (χ0) is 16.8. The number of para-hydroxylation sites is 1. The zero-order valence-electron chi connectivity index (χ0n) is 12.8. The van der Waals surface area contributed by atoms with Crippen LogP contribution in [0.3, 0.4) is 0 Å². The first-order chi connectivity index (χ1) is 11.0. The number of nitrogens with one attached hydrogen (secondary N) is 1. The fraction of sp³-hybridized carbons (Fsp3) is 0.118. The molecule has 0 saturated carbocycles. The number of anilines is 1. The number of rotatable bonds is 5. The van der Waals surface area contributed by atoms with E-state index in [0.29, 0.717) is 17.0 Å². The number of nitrogens with zero attached hydrogens (tertiary/aromatic N) is 1. The number of carbonyl (C=O) groups excluding carboxylic acids is 1. The maximum absolute atomic E-state index is 12.0. The molecule has 0 spiro atoms. The lowest BCUT2D eigenvalue weighted by atomic mass is 10.1. The Bertz CT molecular complexity index is 769. The molecule has 0 aliphatic carbocycles. The number of ether oxygens (including phenoxy) is 1. The second-order valence-corrected chi connectivity index (χ2v) is 4.84. The van der Waals surface area contributed by atoms with E-state index in [1.54, 1.807) is 30.3 Å². The van der Waals surface area contributed by atoms with Crippen molar-refractivity contribution in [2.45, 2.75) is 6.92 Å². The molecule has 1 amide bonds. The topological polar surface area (TPSA) is 81.5 Å². The largest absolute Gasteiger partial charge is 0.495 e. The molecule has 0 atom stereocenters. The fourth-order valence-electron chi connectivity index (χ4n) is 2.04. The van der Waals surface area contributed by atoms with E-state index in [4.69, 9.17) is 4.74 Å². The minimum absolute atomic E-state index is 0.0514. The Balaban J connectivity index is 2.16. The second-order valence-electron chi connectivity index (χ2n) is 4.84. The van der Waals surface area contributed by atoms with Crippen molar-refractivity contribution in [2.75, 3.05) is 12.4 Å². The number of benzene rings is 2. The van der Waals surface area contributed by atoms with Crippen LogP contribution < -0.4 is 10.1 Å². The summed E-state index contributed by atoms with van der Waals surface area (Å²) in [6, 6.07) is 11.6. The predicted molar refractivity (Wildman–Crippen MR) is 88.5 cm³/mol. The van der Waals surface area contributed by atoms with Gasteiger partial charge in [0, 0.05) is 12.1 Å². The second kappa shape index (κ2) is 7.22. The highest BCUT2D eigenvalue weighted by atomic mass is 16.6. The molecule has 0 heterocycles. The van der Waals surface area contributed by atoms with Crippen molar-refractivity contribution in [3.05, 3.63) is 69.8 Å². The van der Waals surface area contributed by atoms with Gasteiger partial charge in [0.25, 0.3) is 5.69 Å². The summed E-state index contributed by atoms with van der Waals surface area (Å²) in [6.45, 7) is 1.92. The van der Waals surface area contributed by atoms with Crippen LogP contribution in [0.5, 0.6) is 5.75 Å². The van der Waals surface area contributed by atoms with Crippen molar-refractivity contribution in [2.24, 2.45) is 0 Å². The van der Waals surface area contributed by atoms with Crippen molar-refractivity contribution in [1.82, 2.24) is 0 Å². The first-order valence-corrected chi connectivity index (χ1v) is 6.88. The Morgan fingerprint density at radius 1 is 1.26 bits per heavy atom. The van der Waals surface area contributed by atoms with Gasteiger partial charge < -0.3 is 10.1 Å². The lowest BCUT2D eigenvalue weighted by Gasteiger charge is -2.09. The van der Waals surface area contributed by atoms with Crippen molar-refractivity contribution >= 4 is 23.4 Å². The molecule has 0 aromatic heterocycles. The number of hydrogen-bond acceptors (Lipinski definition) is 4. The Labute approximate surface area is 133 Å². The summed E-state index contributed by atoms with van der Waals surface area (Å²) < 4.78 is 5.21. The molecule has 2 aromatic rings. The highest BCUT2D eigenvalue weighted by molar-refractivity contribution is 6.03.